The first kappa shape index (κ1) is 15.2. The number of halogens is 1. The molecule has 0 atom stereocenters. The van der Waals surface area contributed by atoms with E-state index in [9.17, 15) is 8.42 Å². The predicted octanol–water partition coefficient (Wildman–Crippen LogP) is 3.02. The lowest BCUT2D eigenvalue weighted by Gasteiger charge is -2.12. The molecule has 0 saturated heterocycles. The number of ether oxygens (including phenoxy) is 1. The van der Waals surface area contributed by atoms with E-state index in [0.717, 1.165) is 0 Å². The fourth-order valence-corrected chi connectivity index (χ4v) is 3.21. The minimum atomic E-state index is -3.87. The van der Waals surface area contributed by atoms with E-state index < -0.39 is 10.0 Å². The molecule has 0 aliphatic carbocycles. The molecule has 0 aliphatic rings. The number of nitriles is 1. The van der Waals surface area contributed by atoms with E-state index >= 15 is 0 Å². The van der Waals surface area contributed by atoms with Crippen molar-refractivity contribution in [3.8, 4) is 11.8 Å². The predicted molar refractivity (Wildman–Crippen MR) is 80.0 cm³/mol. The van der Waals surface area contributed by atoms with Crippen molar-refractivity contribution in [2.75, 3.05) is 11.8 Å². The molecule has 0 aromatic heterocycles. The maximum absolute atomic E-state index is 12.4. The second kappa shape index (κ2) is 6.04. The fraction of sp³-hybridized carbons (Fsp3) is 0.0714. The number of benzene rings is 2. The molecule has 2 rings (SSSR count). The SMILES string of the molecule is COc1ccc(Cl)cc1S(=O)(=O)Nc1cccc(C#N)c1. The number of rotatable bonds is 4. The van der Waals surface area contributed by atoms with Gasteiger partial charge in [-0.3, -0.25) is 4.72 Å². The minimum absolute atomic E-state index is 0.0696. The lowest BCUT2D eigenvalue weighted by atomic mass is 10.2. The van der Waals surface area contributed by atoms with E-state index in [1.807, 2.05) is 6.07 Å². The summed E-state index contributed by atoms with van der Waals surface area (Å²) >= 11 is 5.84. The van der Waals surface area contributed by atoms with Crippen molar-refractivity contribution < 1.29 is 13.2 Å². The molecule has 0 fully saturated rings. The van der Waals surface area contributed by atoms with E-state index in [2.05, 4.69) is 4.72 Å². The molecule has 1 N–H and O–H groups in total. The Morgan fingerprint density at radius 1 is 1.24 bits per heavy atom. The molecule has 0 bridgehead atoms. The first-order valence-corrected chi connectivity index (χ1v) is 7.69. The van der Waals surface area contributed by atoms with Crippen molar-refractivity contribution in [1.29, 1.82) is 5.26 Å². The van der Waals surface area contributed by atoms with E-state index in [0.29, 0.717) is 5.56 Å². The molecule has 0 radical (unpaired) electrons. The summed E-state index contributed by atoms with van der Waals surface area (Å²) in [6, 6.07) is 12.4. The zero-order valence-corrected chi connectivity index (χ0v) is 12.6. The first-order valence-electron chi connectivity index (χ1n) is 5.83. The van der Waals surface area contributed by atoms with Crippen molar-refractivity contribution in [3.63, 3.8) is 0 Å². The maximum atomic E-state index is 12.4. The zero-order chi connectivity index (χ0) is 15.5. The van der Waals surface area contributed by atoms with Crippen LogP contribution in [0.25, 0.3) is 0 Å². The Morgan fingerprint density at radius 3 is 2.67 bits per heavy atom. The molecule has 0 unspecified atom stereocenters. The molecule has 2 aromatic carbocycles. The van der Waals surface area contributed by atoms with Crippen LogP contribution in [-0.2, 0) is 10.0 Å². The Kier molecular flexibility index (Phi) is 4.36. The highest BCUT2D eigenvalue weighted by molar-refractivity contribution is 7.92. The third kappa shape index (κ3) is 3.45. The van der Waals surface area contributed by atoms with Gasteiger partial charge in [0, 0.05) is 5.02 Å². The van der Waals surface area contributed by atoms with Gasteiger partial charge in [-0.05, 0) is 36.4 Å². The number of nitrogens with one attached hydrogen (secondary N) is 1. The second-order valence-corrected chi connectivity index (χ2v) is 6.18. The molecule has 0 saturated carbocycles. The van der Waals surface area contributed by atoms with Crippen molar-refractivity contribution in [1.82, 2.24) is 0 Å². The van der Waals surface area contributed by atoms with E-state index in [-0.39, 0.29) is 21.4 Å². The van der Waals surface area contributed by atoms with Crippen LogP contribution in [-0.4, -0.2) is 15.5 Å². The highest BCUT2D eigenvalue weighted by Gasteiger charge is 2.20. The Bertz CT molecular complexity index is 813. The van der Waals surface area contributed by atoms with Gasteiger partial charge in [-0.15, -0.1) is 0 Å². The van der Waals surface area contributed by atoms with E-state index in [1.54, 1.807) is 18.2 Å². The van der Waals surface area contributed by atoms with Gasteiger partial charge in [0.2, 0.25) is 0 Å². The Balaban J connectivity index is 2.43. The number of sulfonamides is 1. The van der Waals surface area contributed by atoms with Gasteiger partial charge in [-0.2, -0.15) is 5.26 Å². The molecule has 0 spiro atoms. The third-order valence-electron chi connectivity index (χ3n) is 2.66. The zero-order valence-electron chi connectivity index (χ0n) is 11.0. The van der Waals surface area contributed by atoms with Crippen LogP contribution in [0, 0.1) is 11.3 Å². The number of nitrogens with zero attached hydrogens (tertiary/aromatic N) is 1. The summed E-state index contributed by atoms with van der Waals surface area (Å²) in [5, 5.41) is 9.11. The lowest BCUT2D eigenvalue weighted by molar-refractivity contribution is 0.403. The molecule has 108 valence electrons. The standard InChI is InChI=1S/C14H11ClN2O3S/c1-20-13-6-5-11(15)8-14(13)21(18,19)17-12-4-2-3-10(7-12)9-16/h2-8,17H,1H3. The molecule has 0 heterocycles. The van der Waals surface area contributed by atoms with Crippen LogP contribution in [0.1, 0.15) is 5.56 Å². The average molecular weight is 323 g/mol. The summed E-state index contributed by atoms with van der Waals surface area (Å²) in [4.78, 5) is -0.0696. The number of hydrogen-bond donors (Lipinski definition) is 1. The van der Waals surface area contributed by atoms with Crippen molar-refractivity contribution >= 4 is 27.3 Å². The molecule has 2 aromatic rings. The highest BCUT2D eigenvalue weighted by Crippen LogP contribution is 2.28. The molecular weight excluding hydrogens is 312 g/mol. The molecule has 0 aliphatic heterocycles. The smallest absolute Gasteiger partial charge is 0.265 e. The topological polar surface area (TPSA) is 79.2 Å². The van der Waals surface area contributed by atoms with Crippen molar-refractivity contribution in [3.05, 3.63) is 53.1 Å². The summed E-state index contributed by atoms with van der Waals surface area (Å²) in [6.07, 6.45) is 0. The molecule has 7 heteroatoms. The van der Waals surface area contributed by atoms with Gasteiger partial charge in [0.25, 0.3) is 10.0 Å². The van der Waals surface area contributed by atoms with Crippen LogP contribution in [0.3, 0.4) is 0 Å². The van der Waals surface area contributed by atoms with Crippen LogP contribution in [0.15, 0.2) is 47.4 Å². The minimum Gasteiger partial charge on any atom is -0.495 e. The normalized spacial score (nSPS) is 10.7. The average Bonchev–Trinajstić information content (AvgIpc) is 2.47. The molecule has 0 amide bonds. The van der Waals surface area contributed by atoms with Crippen LogP contribution in [0.5, 0.6) is 5.75 Å². The largest absolute Gasteiger partial charge is 0.495 e. The Hall–Kier alpha value is -2.23. The summed E-state index contributed by atoms with van der Waals surface area (Å²) < 4.78 is 32.2. The lowest BCUT2D eigenvalue weighted by Crippen LogP contribution is -2.14. The van der Waals surface area contributed by atoms with Gasteiger partial charge >= 0.3 is 0 Å². The molecule has 21 heavy (non-hydrogen) atoms. The highest BCUT2D eigenvalue weighted by atomic mass is 35.5. The summed E-state index contributed by atoms with van der Waals surface area (Å²) in [6.45, 7) is 0. The van der Waals surface area contributed by atoms with Gasteiger partial charge in [0.1, 0.15) is 10.6 Å². The van der Waals surface area contributed by atoms with E-state index in [1.165, 1.54) is 31.4 Å². The van der Waals surface area contributed by atoms with Crippen LogP contribution >= 0.6 is 11.6 Å². The summed E-state index contributed by atoms with van der Waals surface area (Å²) in [5.41, 5.74) is 0.643. The second-order valence-electron chi connectivity index (χ2n) is 4.09. The van der Waals surface area contributed by atoms with Gasteiger partial charge in [0.15, 0.2) is 0 Å². The van der Waals surface area contributed by atoms with Crippen molar-refractivity contribution in [2.24, 2.45) is 0 Å². The van der Waals surface area contributed by atoms with Crippen molar-refractivity contribution in [2.45, 2.75) is 4.90 Å². The monoisotopic (exact) mass is 322 g/mol. The Labute approximate surface area is 127 Å². The first-order chi connectivity index (χ1) is 9.96. The van der Waals surface area contributed by atoms with Gasteiger partial charge in [-0.25, -0.2) is 8.42 Å². The third-order valence-corrected chi connectivity index (χ3v) is 4.30. The summed E-state index contributed by atoms with van der Waals surface area (Å²) in [7, 11) is -2.50. The molecular formula is C14H11ClN2O3S. The van der Waals surface area contributed by atoms with Gasteiger partial charge in [-0.1, -0.05) is 17.7 Å². The quantitative estimate of drug-likeness (QED) is 0.938. The fourth-order valence-electron chi connectivity index (χ4n) is 1.72. The van der Waals surface area contributed by atoms with Crippen LogP contribution < -0.4 is 9.46 Å². The maximum Gasteiger partial charge on any atom is 0.265 e. The number of methoxy groups -OCH3 is 1. The Morgan fingerprint density at radius 2 is 2.00 bits per heavy atom. The van der Waals surface area contributed by atoms with E-state index in [4.69, 9.17) is 21.6 Å². The molecule has 5 nitrogen and oxygen atoms in total. The van der Waals surface area contributed by atoms with Crippen LogP contribution in [0.4, 0.5) is 5.69 Å². The van der Waals surface area contributed by atoms with Gasteiger partial charge < -0.3 is 4.74 Å². The summed E-state index contributed by atoms with van der Waals surface area (Å²) in [5.74, 6) is 0.184. The van der Waals surface area contributed by atoms with Crippen LogP contribution in [0.2, 0.25) is 5.02 Å². The number of hydrogen-bond acceptors (Lipinski definition) is 4. The number of anilines is 1. The van der Waals surface area contributed by atoms with Gasteiger partial charge in [0.05, 0.1) is 24.4 Å².